The zero-order valence-electron chi connectivity index (χ0n) is 33.2. The molecule has 4 nitrogen and oxygen atoms in total. The van der Waals surface area contributed by atoms with E-state index in [-0.39, 0.29) is 5.41 Å². The van der Waals surface area contributed by atoms with Crippen molar-refractivity contribution in [2.24, 2.45) is 23.2 Å². The molecule has 1 fully saturated rings. The highest BCUT2D eigenvalue weighted by molar-refractivity contribution is 5.82. The number of anilines is 4. The maximum atomic E-state index is 6.32. The molecule has 0 radical (unpaired) electrons. The fourth-order valence-electron chi connectivity index (χ4n) is 9.57. The first-order valence-electron chi connectivity index (χ1n) is 20.3. The van der Waals surface area contributed by atoms with Crippen LogP contribution in [0, 0.1) is 23.2 Å². The van der Waals surface area contributed by atoms with Crippen molar-refractivity contribution in [1.29, 1.82) is 0 Å². The maximum Gasteiger partial charge on any atom is 0.151 e. The summed E-state index contributed by atoms with van der Waals surface area (Å²) >= 11 is 0. The van der Waals surface area contributed by atoms with Gasteiger partial charge in [-0.1, -0.05) is 147 Å². The monoisotopic (exact) mass is 754 g/mol. The molecule has 3 unspecified atom stereocenters. The first-order chi connectivity index (χ1) is 28.4. The lowest BCUT2D eigenvalue weighted by molar-refractivity contribution is 0.216. The van der Waals surface area contributed by atoms with Gasteiger partial charge in [0.1, 0.15) is 5.76 Å². The minimum Gasteiger partial charge on any atom is -0.453 e. The molecule has 0 N–H and O–H groups in total. The van der Waals surface area contributed by atoms with E-state index in [1.54, 1.807) is 11.6 Å². The molecule has 4 heteroatoms. The molecule has 2 aliphatic heterocycles. The van der Waals surface area contributed by atoms with Crippen molar-refractivity contribution in [2.75, 3.05) is 9.80 Å². The van der Waals surface area contributed by atoms with Crippen molar-refractivity contribution in [3.8, 4) is 28.4 Å². The highest BCUT2D eigenvalue weighted by Crippen LogP contribution is 2.60. The second kappa shape index (κ2) is 14.3. The Morgan fingerprint density at radius 3 is 1.93 bits per heavy atom. The minimum atomic E-state index is 0.0906. The SMILES string of the molecule is C=C/C=C\C1=C(C)N(c2ccc(-c3ccc(/C=C/C4=CC=C5C6C=CC(N7c8ccccc8Oc8ccccc87)=CC6C(C)(C)C5C4)cc3)cc2)c2ccccc2O1. The van der Waals surface area contributed by atoms with Gasteiger partial charge in [0, 0.05) is 17.3 Å². The van der Waals surface area contributed by atoms with Gasteiger partial charge in [0.15, 0.2) is 17.2 Å². The van der Waals surface area contributed by atoms with Crippen LogP contribution in [-0.4, -0.2) is 0 Å². The Morgan fingerprint density at radius 2 is 1.28 bits per heavy atom. The summed E-state index contributed by atoms with van der Waals surface area (Å²) in [5, 5.41) is 0. The molecule has 5 aromatic carbocycles. The second-order valence-corrected chi connectivity index (χ2v) is 16.3. The van der Waals surface area contributed by atoms with E-state index >= 15 is 0 Å². The molecule has 284 valence electrons. The number of hydrogen-bond donors (Lipinski definition) is 0. The molecular formula is C54H46N2O2. The molecular weight excluding hydrogens is 709 g/mol. The van der Waals surface area contributed by atoms with Crippen molar-refractivity contribution in [3.63, 3.8) is 0 Å². The predicted octanol–water partition coefficient (Wildman–Crippen LogP) is 14.4. The molecule has 0 spiro atoms. The fraction of sp³-hybridized carbons (Fsp3) is 0.148. The highest BCUT2D eigenvalue weighted by atomic mass is 16.5. The summed E-state index contributed by atoms with van der Waals surface area (Å²) in [7, 11) is 0. The number of benzene rings is 5. The van der Waals surface area contributed by atoms with E-state index in [0.717, 1.165) is 57.9 Å². The third kappa shape index (κ3) is 6.08. The van der Waals surface area contributed by atoms with Crippen LogP contribution in [0.25, 0.3) is 17.2 Å². The van der Waals surface area contributed by atoms with Crippen LogP contribution in [0.5, 0.6) is 17.2 Å². The van der Waals surface area contributed by atoms with Crippen LogP contribution in [-0.2, 0) is 0 Å². The Kier molecular flexibility index (Phi) is 8.79. The Morgan fingerprint density at radius 1 is 0.672 bits per heavy atom. The summed E-state index contributed by atoms with van der Waals surface area (Å²) in [5.41, 5.74) is 13.1. The summed E-state index contributed by atoms with van der Waals surface area (Å²) in [4.78, 5) is 4.63. The van der Waals surface area contributed by atoms with Gasteiger partial charge in [-0.05, 0) is 114 Å². The van der Waals surface area contributed by atoms with Gasteiger partial charge in [-0.15, -0.1) is 0 Å². The van der Waals surface area contributed by atoms with Crippen molar-refractivity contribution < 1.29 is 9.47 Å². The Labute approximate surface area is 342 Å². The first kappa shape index (κ1) is 35.6. The van der Waals surface area contributed by atoms with E-state index in [4.69, 9.17) is 9.47 Å². The van der Waals surface area contributed by atoms with Gasteiger partial charge in [0.05, 0.1) is 22.8 Å². The molecule has 2 heterocycles. The summed E-state index contributed by atoms with van der Waals surface area (Å²) in [6.07, 6.45) is 23.4. The Balaban J connectivity index is 0.843. The van der Waals surface area contributed by atoms with Gasteiger partial charge in [0.25, 0.3) is 0 Å². The van der Waals surface area contributed by atoms with E-state index in [9.17, 15) is 0 Å². The quantitative estimate of drug-likeness (QED) is 0.155. The molecule has 5 aliphatic rings. The first-order valence-corrected chi connectivity index (χ1v) is 20.3. The summed E-state index contributed by atoms with van der Waals surface area (Å²) in [6.45, 7) is 10.9. The molecule has 3 aliphatic carbocycles. The number of nitrogens with zero attached hydrogens (tertiary/aromatic N) is 2. The third-order valence-electron chi connectivity index (χ3n) is 12.6. The number of hydrogen-bond acceptors (Lipinski definition) is 4. The predicted molar refractivity (Wildman–Crippen MR) is 240 cm³/mol. The highest BCUT2D eigenvalue weighted by Gasteiger charge is 2.52. The second-order valence-electron chi connectivity index (χ2n) is 16.3. The van der Waals surface area contributed by atoms with Crippen LogP contribution in [0.4, 0.5) is 22.7 Å². The summed E-state index contributed by atoms with van der Waals surface area (Å²) in [5.74, 6) is 4.69. The zero-order valence-corrected chi connectivity index (χ0v) is 33.2. The summed E-state index contributed by atoms with van der Waals surface area (Å²) < 4.78 is 12.5. The number of ether oxygens (including phenoxy) is 2. The van der Waals surface area contributed by atoms with Crippen molar-refractivity contribution in [1.82, 2.24) is 0 Å². The molecule has 0 aromatic heterocycles. The lowest BCUT2D eigenvalue weighted by atomic mass is 9.70. The number of rotatable bonds is 7. The lowest BCUT2D eigenvalue weighted by Crippen LogP contribution is -2.29. The van der Waals surface area contributed by atoms with E-state index in [0.29, 0.717) is 17.8 Å². The molecule has 58 heavy (non-hydrogen) atoms. The normalized spacial score (nSPS) is 21.2. The van der Waals surface area contributed by atoms with Gasteiger partial charge >= 0.3 is 0 Å². The molecule has 5 aromatic rings. The van der Waals surface area contributed by atoms with Crippen LogP contribution in [0.1, 0.15) is 32.8 Å². The molecule has 1 saturated carbocycles. The molecule has 0 saturated heterocycles. The van der Waals surface area contributed by atoms with Gasteiger partial charge in [-0.3, -0.25) is 0 Å². The Bertz CT molecular complexity index is 2620. The smallest absolute Gasteiger partial charge is 0.151 e. The van der Waals surface area contributed by atoms with E-state index in [1.807, 2.05) is 42.5 Å². The molecule has 3 atom stereocenters. The van der Waals surface area contributed by atoms with E-state index < -0.39 is 0 Å². The topological polar surface area (TPSA) is 24.9 Å². The van der Waals surface area contributed by atoms with Crippen LogP contribution >= 0.6 is 0 Å². The van der Waals surface area contributed by atoms with Gasteiger partial charge < -0.3 is 19.3 Å². The van der Waals surface area contributed by atoms with Crippen molar-refractivity contribution in [2.45, 2.75) is 27.2 Å². The average Bonchev–Trinajstić information content (AvgIpc) is 3.49. The molecule has 0 amide bonds. The van der Waals surface area contributed by atoms with E-state index in [2.05, 4.69) is 171 Å². The fourth-order valence-corrected chi connectivity index (χ4v) is 9.57. The molecule has 0 bridgehead atoms. The van der Waals surface area contributed by atoms with Crippen LogP contribution in [0.3, 0.4) is 0 Å². The zero-order chi connectivity index (χ0) is 39.4. The number of para-hydroxylation sites is 6. The van der Waals surface area contributed by atoms with Crippen LogP contribution < -0.4 is 19.3 Å². The van der Waals surface area contributed by atoms with Gasteiger partial charge in [-0.2, -0.15) is 0 Å². The number of fused-ring (bicyclic) bond motifs is 6. The maximum absolute atomic E-state index is 6.32. The standard InChI is InChI=1S/C54H46N2O2/c1-5-6-16-50-36(2)55(47-13-7-10-17-51(47)57-50)41-29-27-40(28-30-41)39-25-22-37(23-26-39)20-21-38-24-32-43-44-33-31-42(35-46(44)54(3,4)45(43)34-38)56-48-14-8-11-18-52(48)58-53-19-12-9-15-49(53)56/h5-33,35,44-46H,1,34H2,2-4H3/b16-6-,21-20+. The number of allylic oxidation sites excluding steroid dienone is 12. The lowest BCUT2D eigenvalue weighted by Gasteiger charge is -2.38. The van der Waals surface area contributed by atoms with Crippen LogP contribution in [0.15, 0.2) is 211 Å². The third-order valence-corrected chi connectivity index (χ3v) is 12.6. The van der Waals surface area contributed by atoms with Crippen LogP contribution in [0.2, 0.25) is 0 Å². The largest absolute Gasteiger partial charge is 0.453 e. The van der Waals surface area contributed by atoms with Crippen molar-refractivity contribution in [3.05, 3.63) is 216 Å². The summed E-state index contributed by atoms with van der Waals surface area (Å²) in [6, 6.07) is 42.6. The minimum absolute atomic E-state index is 0.0906. The Hall–Kier alpha value is -6.78. The van der Waals surface area contributed by atoms with Crippen molar-refractivity contribution >= 4 is 28.8 Å². The average molecular weight is 755 g/mol. The van der Waals surface area contributed by atoms with E-state index in [1.165, 1.54) is 28.0 Å². The van der Waals surface area contributed by atoms with Gasteiger partial charge in [-0.25, -0.2) is 0 Å². The molecule has 10 rings (SSSR count). The van der Waals surface area contributed by atoms with Gasteiger partial charge in [0.2, 0.25) is 0 Å².